The number of aromatic carboxylic acids is 1. The van der Waals surface area contributed by atoms with E-state index in [1.807, 2.05) is 18.2 Å². The summed E-state index contributed by atoms with van der Waals surface area (Å²) in [6, 6.07) is 5.76. The molecule has 5 heteroatoms. The highest BCUT2D eigenvalue weighted by molar-refractivity contribution is 7.13. The van der Waals surface area contributed by atoms with Crippen LogP contribution in [-0.2, 0) is 6.42 Å². The Bertz CT molecular complexity index is 591. The predicted octanol–water partition coefficient (Wildman–Crippen LogP) is 2.44. The fraction of sp³-hybridized carbons (Fsp3) is 0.167. The third-order valence-electron chi connectivity index (χ3n) is 2.72. The average molecular weight is 247 g/mol. The normalized spacial score (nSPS) is 13.2. The number of rotatable bonds is 2. The molecule has 0 atom stereocenters. The van der Waals surface area contributed by atoms with Crippen LogP contribution in [-0.4, -0.2) is 22.7 Å². The molecule has 1 aromatic heterocycles. The van der Waals surface area contributed by atoms with Crippen LogP contribution in [0.2, 0.25) is 0 Å². The highest BCUT2D eigenvalue weighted by Gasteiger charge is 2.18. The number of nitrogens with zero attached hydrogens (tertiary/aromatic N) is 1. The second-order valence-corrected chi connectivity index (χ2v) is 4.61. The molecule has 2 heterocycles. The Hall–Kier alpha value is -1.88. The van der Waals surface area contributed by atoms with Gasteiger partial charge in [-0.3, -0.25) is 0 Å². The Kier molecular flexibility index (Phi) is 2.33. The average Bonchev–Trinajstić information content (AvgIpc) is 2.96. The largest absolute Gasteiger partial charge is 0.493 e. The van der Waals surface area contributed by atoms with Gasteiger partial charge in [0, 0.05) is 6.42 Å². The second kappa shape index (κ2) is 3.85. The number of aromatic nitrogens is 1. The molecule has 0 saturated heterocycles. The SMILES string of the molecule is O=C(O)c1ncsc1-c1ccc2c(c1)CCO2. The zero-order chi connectivity index (χ0) is 11.8. The van der Waals surface area contributed by atoms with Gasteiger partial charge in [0.05, 0.1) is 17.0 Å². The minimum atomic E-state index is -0.988. The van der Waals surface area contributed by atoms with Crippen LogP contribution < -0.4 is 4.74 Å². The third-order valence-corrected chi connectivity index (χ3v) is 3.60. The van der Waals surface area contributed by atoms with Gasteiger partial charge in [-0.2, -0.15) is 0 Å². The van der Waals surface area contributed by atoms with Crippen LogP contribution in [0.3, 0.4) is 0 Å². The Balaban J connectivity index is 2.09. The smallest absolute Gasteiger partial charge is 0.356 e. The maximum Gasteiger partial charge on any atom is 0.356 e. The summed E-state index contributed by atoms with van der Waals surface area (Å²) in [5, 5.41) is 9.03. The third kappa shape index (κ3) is 1.68. The van der Waals surface area contributed by atoms with E-state index in [2.05, 4.69) is 4.98 Å². The van der Waals surface area contributed by atoms with E-state index in [9.17, 15) is 4.79 Å². The van der Waals surface area contributed by atoms with Gasteiger partial charge in [0.25, 0.3) is 0 Å². The molecule has 0 amide bonds. The van der Waals surface area contributed by atoms with Gasteiger partial charge in [-0.15, -0.1) is 11.3 Å². The molecule has 0 bridgehead atoms. The highest BCUT2D eigenvalue weighted by Crippen LogP contribution is 2.33. The first kappa shape index (κ1) is 10.3. The topological polar surface area (TPSA) is 59.4 Å². The van der Waals surface area contributed by atoms with Gasteiger partial charge in [-0.1, -0.05) is 0 Å². The Morgan fingerprint density at radius 3 is 3.18 bits per heavy atom. The van der Waals surface area contributed by atoms with E-state index in [0.29, 0.717) is 11.5 Å². The molecule has 1 aliphatic heterocycles. The molecule has 4 nitrogen and oxygen atoms in total. The van der Waals surface area contributed by atoms with E-state index in [1.54, 1.807) is 5.51 Å². The number of fused-ring (bicyclic) bond motifs is 1. The van der Waals surface area contributed by atoms with E-state index in [4.69, 9.17) is 9.84 Å². The summed E-state index contributed by atoms with van der Waals surface area (Å²) in [4.78, 5) is 15.6. The van der Waals surface area contributed by atoms with Crippen LogP contribution in [0, 0.1) is 0 Å². The summed E-state index contributed by atoms with van der Waals surface area (Å²) < 4.78 is 5.42. The van der Waals surface area contributed by atoms with Crippen molar-refractivity contribution in [2.24, 2.45) is 0 Å². The first-order valence-corrected chi connectivity index (χ1v) is 6.06. The van der Waals surface area contributed by atoms with Gasteiger partial charge in [0.1, 0.15) is 5.75 Å². The van der Waals surface area contributed by atoms with Crippen molar-refractivity contribution in [3.8, 4) is 16.2 Å². The van der Waals surface area contributed by atoms with Crippen LogP contribution in [0.25, 0.3) is 10.4 Å². The van der Waals surface area contributed by atoms with E-state index >= 15 is 0 Å². The monoisotopic (exact) mass is 247 g/mol. The number of hydrogen-bond donors (Lipinski definition) is 1. The maximum atomic E-state index is 11.0. The minimum absolute atomic E-state index is 0.119. The molecule has 0 spiro atoms. The molecule has 0 saturated carbocycles. The highest BCUT2D eigenvalue weighted by atomic mass is 32.1. The van der Waals surface area contributed by atoms with E-state index < -0.39 is 5.97 Å². The fourth-order valence-corrected chi connectivity index (χ4v) is 2.71. The van der Waals surface area contributed by atoms with Gasteiger partial charge < -0.3 is 9.84 Å². The molecule has 1 aliphatic rings. The van der Waals surface area contributed by atoms with E-state index in [0.717, 1.165) is 23.3 Å². The van der Waals surface area contributed by atoms with Crippen LogP contribution in [0.1, 0.15) is 16.1 Å². The molecule has 1 N–H and O–H groups in total. The molecule has 0 aliphatic carbocycles. The molecule has 0 unspecified atom stereocenters. The van der Waals surface area contributed by atoms with Crippen LogP contribution in [0.15, 0.2) is 23.7 Å². The fourth-order valence-electron chi connectivity index (χ4n) is 1.93. The summed E-state index contributed by atoms with van der Waals surface area (Å²) in [5.41, 5.74) is 3.71. The molecule has 3 rings (SSSR count). The number of benzene rings is 1. The first-order chi connectivity index (χ1) is 8.25. The summed E-state index contributed by atoms with van der Waals surface area (Å²) in [5.74, 6) is -0.0897. The molecule has 86 valence electrons. The van der Waals surface area contributed by atoms with Crippen LogP contribution in [0.4, 0.5) is 0 Å². The zero-order valence-corrected chi connectivity index (χ0v) is 9.66. The number of carboxylic acid groups (broad SMARTS) is 1. The summed E-state index contributed by atoms with van der Waals surface area (Å²) in [6.45, 7) is 0.702. The maximum absolute atomic E-state index is 11.0. The number of hydrogen-bond acceptors (Lipinski definition) is 4. The van der Waals surface area contributed by atoms with Crippen molar-refractivity contribution in [3.05, 3.63) is 35.0 Å². The molecular weight excluding hydrogens is 238 g/mol. The van der Waals surface area contributed by atoms with Crippen molar-refractivity contribution in [3.63, 3.8) is 0 Å². The van der Waals surface area contributed by atoms with Crippen molar-refractivity contribution in [1.29, 1.82) is 0 Å². The number of thiazole rings is 1. The van der Waals surface area contributed by atoms with Crippen molar-refractivity contribution in [1.82, 2.24) is 4.98 Å². The van der Waals surface area contributed by atoms with Crippen LogP contribution in [0.5, 0.6) is 5.75 Å². The van der Waals surface area contributed by atoms with E-state index in [1.165, 1.54) is 11.3 Å². The lowest BCUT2D eigenvalue weighted by atomic mass is 10.1. The lowest BCUT2D eigenvalue weighted by molar-refractivity contribution is 0.0692. The van der Waals surface area contributed by atoms with Gasteiger partial charge in [-0.25, -0.2) is 9.78 Å². The quantitative estimate of drug-likeness (QED) is 0.885. The first-order valence-electron chi connectivity index (χ1n) is 5.18. The summed E-state index contributed by atoms with van der Waals surface area (Å²) in [6.07, 6.45) is 0.879. The molecule has 2 aromatic rings. The minimum Gasteiger partial charge on any atom is -0.493 e. The zero-order valence-electron chi connectivity index (χ0n) is 8.84. The molecule has 1 aromatic carbocycles. The van der Waals surface area contributed by atoms with Gasteiger partial charge in [-0.05, 0) is 29.3 Å². The Morgan fingerprint density at radius 1 is 1.47 bits per heavy atom. The lowest BCUT2D eigenvalue weighted by Gasteiger charge is -2.02. The van der Waals surface area contributed by atoms with Crippen molar-refractivity contribution in [2.45, 2.75) is 6.42 Å². The molecule has 17 heavy (non-hydrogen) atoms. The number of ether oxygens (including phenoxy) is 1. The molecular formula is C12H9NO3S. The van der Waals surface area contributed by atoms with Gasteiger partial charge in [0.2, 0.25) is 0 Å². The van der Waals surface area contributed by atoms with Crippen LogP contribution >= 0.6 is 11.3 Å². The van der Waals surface area contributed by atoms with Gasteiger partial charge in [0.15, 0.2) is 5.69 Å². The summed E-state index contributed by atoms with van der Waals surface area (Å²) in [7, 11) is 0. The second-order valence-electron chi connectivity index (χ2n) is 3.76. The summed E-state index contributed by atoms with van der Waals surface area (Å²) >= 11 is 1.34. The molecule has 0 radical (unpaired) electrons. The van der Waals surface area contributed by atoms with Crippen molar-refractivity contribution < 1.29 is 14.6 Å². The van der Waals surface area contributed by atoms with E-state index in [-0.39, 0.29) is 5.69 Å². The Morgan fingerprint density at radius 2 is 2.35 bits per heavy atom. The predicted molar refractivity (Wildman–Crippen MR) is 63.7 cm³/mol. The standard InChI is InChI=1S/C12H9NO3S/c14-12(15)10-11(17-6-13-10)8-1-2-9-7(5-8)3-4-16-9/h1-2,5-6H,3-4H2,(H,14,15). The van der Waals surface area contributed by atoms with Gasteiger partial charge >= 0.3 is 5.97 Å². The molecule has 0 fully saturated rings. The van der Waals surface area contributed by atoms with Crippen molar-refractivity contribution in [2.75, 3.05) is 6.61 Å². The lowest BCUT2D eigenvalue weighted by Crippen LogP contribution is -1.98. The van der Waals surface area contributed by atoms with Crippen molar-refractivity contribution >= 4 is 17.3 Å². The number of carboxylic acids is 1. The Labute approximate surface area is 102 Å². The number of carbonyl (C=O) groups is 1.